The van der Waals surface area contributed by atoms with Crippen molar-refractivity contribution in [1.29, 1.82) is 0 Å². The summed E-state index contributed by atoms with van der Waals surface area (Å²) in [6.07, 6.45) is -0.156. The zero-order chi connectivity index (χ0) is 11.2. The van der Waals surface area contributed by atoms with Crippen LogP contribution in [0.2, 0.25) is 0 Å². The van der Waals surface area contributed by atoms with E-state index in [1.807, 2.05) is 20.8 Å². The molecule has 0 rings (SSSR count). The van der Waals surface area contributed by atoms with Gasteiger partial charge < -0.3 is 15.2 Å². The van der Waals surface area contributed by atoms with Crippen LogP contribution in [0.5, 0.6) is 0 Å². The van der Waals surface area contributed by atoms with Gasteiger partial charge in [-0.25, -0.2) is 0 Å². The predicted molar refractivity (Wildman–Crippen MR) is 55.0 cm³/mol. The Morgan fingerprint density at radius 3 is 2.50 bits per heavy atom. The van der Waals surface area contributed by atoms with Crippen LogP contribution in [0.4, 0.5) is 0 Å². The van der Waals surface area contributed by atoms with Crippen LogP contribution >= 0.6 is 0 Å². The van der Waals surface area contributed by atoms with Gasteiger partial charge in [0.25, 0.3) is 0 Å². The third kappa shape index (κ3) is 8.01. The van der Waals surface area contributed by atoms with Gasteiger partial charge in [-0.15, -0.1) is 0 Å². The summed E-state index contributed by atoms with van der Waals surface area (Å²) < 4.78 is 4.74. The van der Waals surface area contributed by atoms with E-state index in [0.717, 1.165) is 0 Å². The maximum atomic E-state index is 11.3. The van der Waals surface area contributed by atoms with Crippen LogP contribution in [0.25, 0.3) is 0 Å². The summed E-state index contributed by atoms with van der Waals surface area (Å²) >= 11 is 0. The van der Waals surface area contributed by atoms with Crippen LogP contribution in [0.1, 0.15) is 27.2 Å². The predicted octanol–water partition coefficient (Wildman–Crippen LogP) is 0.546. The van der Waals surface area contributed by atoms with Gasteiger partial charge in [-0.05, 0) is 5.41 Å². The highest BCUT2D eigenvalue weighted by Crippen LogP contribution is 2.17. The highest BCUT2D eigenvalue weighted by molar-refractivity contribution is 5.76. The minimum atomic E-state index is -0.621. The normalized spacial score (nSPS) is 13.8. The van der Waals surface area contributed by atoms with Gasteiger partial charge in [0.15, 0.2) is 0 Å². The Labute approximate surface area is 85.6 Å². The first-order valence-corrected chi connectivity index (χ1v) is 4.79. The summed E-state index contributed by atoms with van der Waals surface area (Å²) in [7, 11) is 1.51. The van der Waals surface area contributed by atoms with E-state index in [1.165, 1.54) is 7.11 Å². The molecule has 0 saturated carbocycles. The molecule has 0 aromatic rings. The Kier molecular flexibility index (Phi) is 5.72. The van der Waals surface area contributed by atoms with E-state index in [2.05, 4.69) is 5.32 Å². The number of ether oxygens (including phenoxy) is 1. The maximum Gasteiger partial charge on any atom is 0.220 e. The monoisotopic (exact) mass is 203 g/mol. The zero-order valence-electron chi connectivity index (χ0n) is 9.46. The lowest BCUT2D eigenvalue weighted by Gasteiger charge is -2.18. The van der Waals surface area contributed by atoms with Crippen LogP contribution < -0.4 is 5.32 Å². The number of methoxy groups -OCH3 is 1. The molecule has 0 spiro atoms. The van der Waals surface area contributed by atoms with Crippen molar-refractivity contribution in [3.8, 4) is 0 Å². The first kappa shape index (κ1) is 13.4. The second-order valence-corrected chi connectivity index (χ2v) is 4.65. The van der Waals surface area contributed by atoms with E-state index in [9.17, 15) is 9.90 Å². The first-order chi connectivity index (χ1) is 6.35. The van der Waals surface area contributed by atoms with Gasteiger partial charge in [0.05, 0.1) is 12.7 Å². The molecule has 0 aliphatic rings. The summed E-state index contributed by atoms with van der Waals surface area (Å²) in [5.74, 6) is -0.0346. The number of aliphatic hydroxyl groups is 1. The van der Waals surface area contributed by atoms with Gasteiger partial charge in [-0.1, -0.05) is 20.8 Å². The zero-order valence-corrected chi connectivity index (χ0v) is 9.46. The van der Waals surface area contributed by atoms with E-state index in [1.54, 1.807) is 0 Å². The number of aliphatic hydroxyl groups excluding tert-OH is 1. The molecule has 0 bridgehead atoms. The fourth-order valence-electron chi connectivity index (χ4n) is 1.03. The van der Waals surface area contributed by atoms with Crippen molar-refractivity contribution in [1.82, 2.24) is 5.32 Å². The number of carbonyl (C=O) groups is 1. The summed E-state index contributed by atoms with van der Waals surface area (Å²) in [4.78, 5) is 11.3. The van der Waals surface area contributed by atoms with Crippen molar-refractivity contribution in [3.05, 3.63) is 0 Å². The number of carbonyl (C=O) groups excluding carboxylic acids is 1. The lowest BCUT2D eigenvalue weighted by atomic mass is 9.92. The van der Waals surface area contributed by atoms with Crippen molar-refractivity contribution in [3.63, 3.8) is 0 Å². The van der Waals surface area contributed by atoms with Crippen molar-refractivity contribution in [2.45, 2.75) is 33.3 Å². The second kappa shape index (κ2) is 5.98. The fraction of sp³-hybridized carbons (Fsp3) is 0.900. The Balaban J connectivity index is 3.64. The molecular weight excluding hydrogens is 182 g/mol. The lowest BCUT2D eigenvalue weighted by molar-refractivity contribution is -0.123. The number of hydrogen-bond acceptors (Lipinski definition) is 3. The molecule has 0 aliphatic carbocycles. The van der Waals surface area contributed by atoms with Crippen LogP contribution in [0.15, 0.2) is 0 Å². The molecule has 0 heterocycles. The van der Waals surface area contributed by atoms with Crippen LogP contribution in [0, 0.1) is 5.41 Å². The molecule has 0 aromatic carbocycles. The van der Waals surface area contributed by atoms with Crippen LogP contribution in [0.3, 0.4) is 0 Å². The van der Waals surface area contributed by atoms with E-state index in [0.29, 0.717) is 6.42 Å². The van der Waals surface area contributed by atoms with Gasteiger partial charge in [0.2, 0.25) is 5.91 Å². The first-order valence-electron chi connectivity index (χ1n) is 4.79. The topological polar surface area (TPSA) is 58.6 Å². The molecule has 1 amide bonds. The number of hydrogen-bond donors (Lipinski definition) is 2. The number of rotatable bonds is 5. The van der Waals surface area contributed by atoms with Gasteiger partial charge >= 0.3 is 0 Å². The molecule has 4 heteroatoms. The molecule has 0 radical (unpaired) electrons. The number of nitrogens with one attached hydrogen (secondary N) is 1. The minimum Gasteiger partial charge on any atom is -0.389 e. The Morgan fingerprint density at radius 1 is 1.50 bits per heavy atom. The average molecular weight is 203 g/mol. The molecule has 0 aromatic heterocycles. The molecule has 0 saturated heterocycles. The molecular formula is C10H21NO3. The summed E-state index contributed by atoms with van der Waals surface area (Å²) in [5, 5.41) is 11.9. The highest BCUT2D eigenvalue weighted by Gasteiger charge is 2.16. The van der Waals surface area contributed by atoms with Gasteiger partial charge in [-0.2, -0.15) is 0 Å². The molecule has 0 aliphatic heterocycles. The van der Waals surface area contributed by atoms with E-state index in [-0.39, 0.29) is 24.5 Å². The Morgan fingerprint density at radius 2 is 2.07 bits per heavy atom. The summed E-state index contributed by atoms with van der Waals surface area (Å²) in [6.45, 7) is 6.49. The molecule has 2 N–H and O–H groups in total. The molecule has 14 heavy (non-hydrogen) atoms. The number of amides is 1. The van der Waals surface area contributed by atoms with Crippen molar-refractivity contribution < 1.29 is 14.6 Å². The molecule has 1 unspecified atom stereocenters. The van der Waals surface area contributed by atoms with E-state index in [4.69, 9.17) is 4.74 Å². The third-order valence-electron chi connectivity index (χ3n) is 1.58. The van der Waals surface area contributed by atoms with Gasteiger partial charge in [0, 0.05) is 20.1 Å². The largest absolute Gasteiger partial charge is 0.389 e. The second-order valence-electron chi connectivity index (χ2n) is 4.65. The Bertz CT molecular complexity index is 175. The van der Waals surface area contributed by atoms with E-state index < -0.39 is 6.10 Å². The van der Waals surface area contributed by atoms with Crippen LogP contribution in [-0.4, -0.2) is 37.4 Å². The maximum absolute atomic E-state index is 11.3. The highest BCUT2D eigenvalue weighted by atomic mass is 16.5. The van der Waals surface area contributed by atoms with Crippen LogP contribution in [-0.2, 0) is 9.53 Å². The average Bonchev–Trinajstić information content (AvgIpc) is 1.98. The standard InChI is InChI=1S/C10H21NO3/c1-10(2,3)5-9(13)11-6-8(12)7-14-4/h8,12H,5-7H2,1-4H3,(H,11,13). The smallest absolute Gasteiger partial charge is 0.220 e. The molecule has 1 atom stereocenters. The SMILES string of the molecule is COCC(O)CNC(=O)CC(C)(C)C. The molecule has 4 nitrogen and oxygen atoms in total. The third-order valence-corrected chi connectivity index (χ3v) is 1.58. The van der Waals surface area contributed by atoms with Crippen molar-refractivity contribution in [2.75, 3.05) is 20.3 Å². The molecule has 84 valence electrons. The summed E-state index contributed by atoms with van der Waals surface area (Å²) in [5.41, 5.74) is -0.0176. The minimum absolute atomic E-state index is 0.0176. The van der Waals surface area contributed by atoms with Gasteiger partial charge in [0.1, 0.15) is 0 Å². The quantitative estimate of drug-likeness (QED) is 0.686. The van der Waals surface area contributed by atoms with Gasteiger partial charge in [-0.3, -0.25) is 4.79 Å². The summed E-state index contributed by atoms with van der Waals surface area (Å²) in [6, 6.07) is 0. The lowest BCUT2D eigenvalue weighted by Crippen LogP contribution is -2.35. The Hall–Kier alpha value is -0.610. The fourth-order valence-corrected chi connectivity index (χ4v) is 1.03. The van der Waals surface area contributed by atoms with E-state index >= 15 is 0 Å². The van der Waals surface area contributed by atoms with Crippen molar-refractivity contribution in [2.24, 2.45) is 5.41 Å². The molecule has 0 fully saturated rings. The van der Waals surface area contributed by atoms with Crippen molar-refractivity contribution >= 4 is 5.91 Å².